The minimum Gasteiger partial charge on any atom is -0.396 e. The van der Waals surface area contributed by atoms with E-state index in [4.69, 9.17) is 5.73 Å². The van der Waals surface area contributed by atoms with Crippen molar-refractivity contribution >= 4 is 29.3 Å². The Hall–Kier alpha value is -3.21. The van der Waals surface area contributed by atoms with Crippen molar-refractivity contribution in [1.82, 2.24) is 15.0 Å². The largest absolute Gasteiger partial charge is 0.396 e. The second-order valence-electron chi connectivity index (χ2n) is 4.70. The number of anilines is 3. The van der Waals surface area contributed by atoms with E-state index in [9.17, 15) is 0 Å². The maximum Gasteiger partial charge on any atom is 0.153 e. The van der Waals surface area contributed by atoms with Crippen LogP contribution < -0.4 is 11.1 Å². The summed E-state index contributed by atoms with van der Waals surface area (Å²) in [5, 5.41) is 3.22. The summed E-state index contributed by atoms with van der Waals surface area (Å²) in [5.74, 6) is 0.653. The molecule has 0 aliphatic carbocycles. The van der Waals surface area contributed by atoms with E-state index in [2.05, 4.69) is 20.3 Å². The molecule has 0 amide bonds. The molecule has 0 unspecified atom stereocenters. The molecule has 0 bridgehead atoms. The average Bonchev–Trinajstić information content (AvgIpc) is 2.57. The first-order valence-electron chi connectivity index (χ1n) is 6.82. The van der Waals surface area contributed by atoms with Crippen LogP contribution in [0, 0.1) is 0 Å². The predicted molar refractivity (Wildman–Crippen MR) is 89.3 cm³/mol. The first-order chi connectivity index (χ1) is 10.8. The molecule has 1 aromatic carbocycles. The molecule has 0 atom stereocenters. The summed E-state index contributed by atoms with van der Waals surface area (Å²) >= 11 is 0. The molecule has 3 rings (SSSR count). The zero-order chi connectivity index (χ0) is 15.2. The summed E-state index contributed by atoms with van der Waals surface area (Å²) in [4.78, 5) is 12.2. The number of nitrogen functional groups attached to an aromatic ring is 1. The smallest absolute Gasteiger partial charge is 0.153 e. The maximum atomic E-state index is 5.89. The van der Waals surface area contributed by atoms with Gasteiger partial charge in [-0.15, -0.1) is 0 Å². The lowest BCUT2D eigenvalue weighted by Gasteiger charge is -2.08. The number of nitrogens with two attached hydrogens (primary N) is 1. The van der Waals surface area contributed by atoms with Crippen molar-refractivity contribution in [3.05, 3.63) is 72.4 Å². The summed E-state index contributed by atoms with van der Waals surface area (Å²) in [6, 6.07) is 11.6. The number of rotatable bonds is 4. The molecule has 2 heterocycles. The van der Waals surface area contributed by atoms with Crippen molar-refractivity contribution in [2.24, 2.45) is 0 Å². The normalized spacial score (nSPS) is 10.7. The molecule has 2 aromatic heterocycles. The van der Waals surface area contributed by atoms with Gasteiger partial charge >= 0.3 is 0 Å². The zero-order valence-electron chi connectivity index (χ0n) is 11.8. The van der Waals surface area contributed by atoms with E-state index in [1.807, 2.05) is 48.6 Å². The first-order valence-corrected chi connectivity index (χ1v) is 6.82. The van der Waals surface area contributed by atoms with Gasteiger partial charge in [-0.1, -0.05) is 24.3 Å². The van der Waals surface area contributed by atoms with Crippen molar-refractivity contribution in [3.8, 4) is 0 Å². The third-order valence-electron chi connectivity index (χ3n) is 3.04. The molecule has 108 valence electrons. The van der Waals surface area contributed by atoms with Crippen molar-refractivity contribution in [2.75, 3.05) is 11.1 Å². The molecular weight excluding hydrogens is 274 g/mol. The molecule has 0 saturated carbocycles. The number of aromatic nitrogens is 3. The second kappa shape index (κ2) is 6.49. The van der Waals surface area contributed by atoms with Crippen LogP contribution in [0.2, 0.25) is 0 Å². The van der Waals surface area contributed by atoms with Gasteiger partial charge in [0.25, 0.3) is 0 Å². The topological polar surface area (TPSA) is 76.7 Å². The summed E-state index contributed by atoms with van der Waals surface area (Å²) in [7, 11) is 0. The first kappa shape index (κ1) is 13.8. The molecule has 3 N–H and O–H groups in total. The molecule has 5 nitrogen and oxygen atoms in total. The highest BCUT2D eigenvalue weighted by Gasteiger charge is 2.00. The van der Waals surface area contributed by atoms with Crippen LogP contribution in [0.15, 0.2) is 61.3 Å². The predicted octanol–water partition coefficient (Wildman–Crippen LogP) is 3.37. The molecule has 0 radical (unpaired) electrons. The Morgan fingerprint density at radius 1 is 0.955 bits per heavy atom. The van der Waals surface area contributed by atoms with Crippen LogP contribution in [0.1, 0.15) is 11.1 Å². The molecule has 5 heteroatoms. The van der Waals surface area contributed by atoms with Gasteiger partial charge in [0.2, 0.25) is 0 Å². The van der Waals surface area contributed by atoms with Crippen LogP contribution in [-0.4, -0.2) is 15.0 Å². The molecule has 0 fully saturated rings. The highest BCUT2D eigenvalue weighted by atomic mass is 15.0. The Bertz CT molecular complexity index is 784. The van der Waals surface area contributed by atoms with Gasteiger partial charge in [-0.2, -0.15) is 0 Å². The lowest BCUT2D eigenvalue weighted by molar-refractivity contribution is 1.16. The van der Waals surface area contributed by atoms with E-state index < -0.39 is 0 Å². The summed E-state index contributed by atoms with van der Waals surface area (Å²) in [6.07, 6.45) is 10.7. The van der Waals surface area contributed by atoms with Crippen LogP contribution in [0.4, 0.5) is 17.2 Å². The van der Waals surface area contributed by atoms with Gasteiger partial charge in [-0.05, 0) is 29.8 Å². The van der Waals surface area contributed by atoms with Gasteiger partial charge < -0.3 is 11.1 Å². The molecule has 0 aliphatic heterocycles. The van der Waals surface area contributed by atoms with Crippen molar-refractivity contribution in [1.29, 1.82) is 0 Å². The van der Waals surface area contributed by atoms with Crippen LogP contribution in [-0.2, 0) is 0 Å². The van der Waals surface area contributed by atoms with E-state index in [0.29, 0.717) is 11.5 Å². The minimum atomic E-state index is 0.616. The fourth-order valence-electron chi connectivity index (χ4n) is 1.97. The highest BCUT2D eigenvalue weighted by molar-refractivity contribution is 5.73. The summed E-state index contributed by atoms with van der Waals surface area (Å²) in [6.45, 7) is 0. The molecule has 0 aliphatic rings. The van der Waals surface area contributed by atoms with E-state index in [1.54, 1.807) is 18.6 Å². The van der Waals surface area contributed by atoms with Gasteiger partial charge in [-0.25, -0.2) is 15.0 Å². The Labute approximate surface area is 128 Å². The summed E-state index contributed by atoms with van der Waals surface area (Å²) < 4.78 is 0. The fourth-order valence-corrected chi connectivity index (χ4v) is 1.97. The van der Waals surface area contributed by atoms with Gasteiger partial charge in [0.05, 0.1) is 5.69 Å². The van der Waals surface area contributed by atoms with E-state index in [0.717, 1.165) is 16.8 Å². The Kier molecular flexibility index (Phi) is 4.06. The summed E-state index contributed by atoms with van der Waals surface area (Å²) in [5.41, 5.74) is 9.44. The van der Waals surface area contributed by atoms with Gasteiger partial charge in [0.1, 0.15) is 6.33 Å². The standard InChI is InChI=1S/C17H15N5/c18-16-5-2-8-21-17(16)22-15-4-1-3-13(9-15)6-7-14-10-19-12-20-11-14/h1-12H,18H2,(H,21,22)/b7-6+. The Morgan fingerprint density at radius 2 is 1.77 bits per heavy atom. The number of hydrogen-bond donors (Lipinski definition) is 2. The third kappa shape index (κ3) is 3.46. The molecule has 0 saturated heterocycles. The van der Waals surface area contributed by atoms with Crippen LogP contribution in [0.3, 0.4) is 0 Å². The SMILES string of the molecule is Nc1cccnc1Nc1cccc(/C=C/c2cncnc2)c1. The number of nitrogens with one attached hydrogen (secondary N) is 1. The average molecular weight is 289 g/mol. The highest BCUT2D eigenvalue weighted by Crippen LogP contribution is 2.21. The monoisotopic (exact) mass is 289 g/mol. The quantitative estimate of drug-likeness (QED) is 0.770. The number of nitrogens with zero attached hydrogens (tertiary/aromatic N) is 3. The lowest BCUT2D eigenvalue weighted by Crippen LogP contribution is -1.98. The molecule has 22 heavy (non-hydrogen) atoms. The van der Waals surface area contributed by atoms with Crippen molar-refractivity contribution < 1.29 is 0 Å². The zero-order valence-corrected chi connectivity index (χ0v) is 11.8. The van der Waals surface area contributed by atoms with Crippen LogP contribution in [0.5, 0.6) is 0 Å². The molecule has 3 aromatic rings. The van der Waals surface area contributed by atoms with Crippen LogP contribution in [0.25, 0.3) is 12.2 Å². The Morgan fingerprint density at radius 3 is 2.59 bits per heavy atom. The van der Waals surface area contributed by atoms with Crippen LogP contribution >= 0.6 is 0 Å². The Balaban J connectivity index is 1.78. The number of pyridine rings is 1. The minimum absolute atomic E-state index is 0.616. The van der Waals surface area contributed by atoms with Gasteiger partial charge in [0, 0.05) is 29.8 Å². The van der Waals surface area contributed by atoms with E-state index in [1.165, 1.54) is 6.33 Å². The van der Waals surface area contributed by atoms with Crippen molar-refractivity contribution in [3.63, 3.8) is 0 Å². The second-order valence-corrected chi connectivity index (χ2v) is 4.70. The van der Waals surface area contributed by atoms with E-state index >= 15 is 0 Å². The van der Waals surface area contributed by atoms with E-state index in [-0.39, 0.29) is 0 Å². The van der Waals surface area contributed by atoms with Crippen molar-refractivity contribution in [2.45, 2.75) is 0 Å². The fraction of sp³-hybridized carbons (Fsp3) is 0. The molecular formula is C17H15N5. The maximum absolute atomic E-state index is 5.89. The van der Waals surface area contributed by atoms with Gasteiger partial charge in [-0.3, -0.25) is 0 Å². The number of benzene rings is 1. The third-order valence-corrected chi connectivity index (χ3v) is 3.04. The lowest BCUT2D eigenvalue weighted by atomic mass is 10.1. The molecule has 0 spiro atoms. The number of hydrogen-bond acceptors (Lipinski definition) is 5. The van der Waals surface area contributed by atoms with Gasteiger partial charge in [0.15, 0.2) is 5.82 Å².